The molecule has 0 amide bonds. The van der Waals surface area contributed by atoms with Gasteiger partial charge in [0, 0.05) is 30.2 Å². The molecule has 0 radical (unpaired) electrons. The molecule has 17 heavy (non-hydrogen) atoms. The summed E-state index contributed by atoms with van der Waals surface area (Å²) < 4.78 is 13.7. The molecule has 0 heterocycles. The zero-order valence-corrected chi connectivity index (χ0v) is 11.1. The highest BCUT2D eigenvalue weighted by molar-refractivity contribution is 7.80. The van der Waals surface area contributed by atoms with E-state index in [1.165, 1.54) is 6.07 Å². The second kappa shape index (κ2) is 5.19. The molecule has 1 aliphatic rings. The average molecular weight is 273 g/mol. The molecule has 0 atom stereocenters. The van der Waals surface area contributed by atoms with Crippen LogP contribution in [-0.4, -0.2) is 23.1 Å². The third-order valence-corrected chi connectivity index (χ3v) is 3.65. The maximum Gasteiger partial charge on any atom is 0.169 e. The Labute approximate surface area is 111 Å². The number of nitrogens with zero attached hydrogens (tertiary/aromatic N) is 1. The number of rotatable bonds is 3. The van der Waals surface area contributed by atoms with Gasteiger partial charge in [-0.1, -0.05) is 17.7 Å². The molecule has 1 aromatic rings. The summed E-state index contributed by atoms with van der Waals surface area (Å²) in [4.78, 5) is 2.00. The molecule has 0 aromatic heterocycles. The summed E-state index contributed by atoms with van der Waals surface area (Å²) in [6.07, 6.45) is 2.21. The number of thiocarbonyl (C=S) groups is 1. The van der Waals surface area contributed by atoms with Crippen LogP contribution in [0.4, 0.5) is 4.39 Å². The van der Waals surface area contributed by atoms with Crippen LogP contribution in [0.15, 0.2) is 18.2 Å². The summed E-state index contributed by atoms with van der Waals surface area (Å²) in [7, 11) is 1.78. The fraction of sp³-hybridized carbons (Fsp3) is 0.417. The Morgan fingerprint density at radius 2 is 2.29 bits per heavy atom. The number of nitrogens with one attached hydrogen (secondary N) is 1. The molecule has 0 saturated heterocycles. The van der Waals surface area contributed by atoms with Gasteiger partial charge in [-0.2, -0.15) is 0 Å². The Bertz CT molecular complexity index is 414. The van der Waals surface area contributed by atoms with Crippen LogP contribution in [0, 0.1) is 5.82 Å². The number of benzene rings is 1. The minimum absolute atomic E-state index is 0.276. The van der Waals surface area contributed by atoms with E-state index in [1.807, 2.05) is 4.90 Å². The molecule has 1 aromatic carbocycles. The Kier molecular flexibility index (Phi) is 3.84. The summed E-state index contributed by atoms with van der Waals surface area (Å²) >= 11 is 11.2. The lowest BCUT2D eigenvalue weighted by atomic mass is 10.2. The van der Waals surface area contributed by atoms with E-state index in [0.29, 0.717) is 28.3 Å². The molecule has 2 rings (SSSR count). The van der Waals surface area contributed by atoms with Crippen molar-refractivity contribution < 1.29 is 4.39 Å². The van der Waals surface area contributed by atoms with E-state index in [1.54, 1.807) is 19.2 Å². The van der Waals surface area contributed by atoms with Crippen LogP contribution in [0.2, 0.25) is 5.02 Å². The van der Waals surface area contributed by atoms with Crippen molar-refractivity contribution in [1.82, 2.24) is 10.2 Å². The van der Waals surface area contributed by atoms with Gasteiger partial charge in [-0.3, -0.25) is 0 Å². The van der Waals surface area contributed by atoms with E-state index in [-0.39, 0.29) is 5.82 Å². The molecular weight excluding hydrogens is 259 g/mol. The van der Waals surface area contributed by atoms with Crippen LogP contribution in [0.25, 0.3) is 0 Å². The van der Waals surface area contributed by atoms with E-state index in [9.17, 15) is 4.39 Å². The van der Waals surface area contributed by atoms with Crippen LogP contribution >= 0.6 is 23.8 Å². The molecule has 0 bridgehead atoms. The maximum atomic E-state index is 13.7. The molecule has 1 aliphatic carbocycles. The molecular formula is C12H14ClFN2S. The first-order chi connectivity index (χ1) is 8.13. The lowest BCUT2D eigenvalue weighted by Crippen LogP contribution is -2.39. The predicted octanol–water partition coefficient (Wildman–Crippen LogP) is 2.95. The predicted molar refractivity (Wildman–Crippen MR) is 71.6 cm³/mol. The van der Waals surface area contributed by atoms with Crippen LogP contribution < -0.4 is 5.32 Å². The monoisotopic (exact) mass is 272 g/mol. The highest BCUT2D eigenvalue weighted by atomic mass is 35.5. The van der Waals surface area contributed by atoms with Crippen molar-refractivity contribution in [2.75, 3.05) is 7.05 Å². The first-order valence-electron chi connectivity index (χ1n) is 5.54. The van der Waals surface area contributed by atoms with Gasteiger partial charge in [0.15, 0.2) is 5.11 Å². The fourth-order valence-electron chi connectivity index (χ4n) is 1.75. The van der Waals surface area contributed by atoms with Gasteiger partial charge >= 0.3 is 0 Å². The van der Waals surface area contributed by atoms with Crippen molar-refractivity contribution in [1.29, 1.82) is 0 Å². The second-order valence-corrected chi connectivity index (χ2v) is 4.91. The van der Waals surface area contributed by atoms with Crippen LogP contribution in [0.5, 0.6) is 0 Å². The van der Waals surface area contributed by atoms with Crippen molar-refractivity contribution in [2.24, 2.45) is 0 Å². The molecule has 1 saturated carbocycles. The summed E-state index contributed by atoms with van der Waals surface area (Å²) in [6.45, 7) is 0.426. The van der Waals surface area contributed by atoms with E-state index >= 15 is 0 Å². The van der Waals surface area contributed by atoms with Crippen LogP contribution in [-0.2, 0) is 6.54 Å². The molecule has 5 heteroatoms. The highest BCUT2D eigenvalue weighted by Crippen LogP contribution is 2.30. The van der Waals surface area contributed by atoms with E-state index in [4.69, 9.17) is 23.8 Å². The van der Waals surface area contributed by atoms with Gasteiger partial charge in [0.25, 0.3) is 0 Å². The third kappa shape index (κ3) is 2.87. The SMILES string of the molecule is CNC(=S)N(Cc1c(F)cccc1Cl)C1CC1. The van der Waals surface area contributed by atoms with Gasteiger partial charge in [-0.05, 0) is 37.2 Å². The lowest BCUT2D eigenvalue weighted by molar-refractivity contribution is 0.390. The largest absolute Gasteiger partial charge is 0.366 e. The van der Waals surface area contributed by atoms with Gasteiger partial charge in [0.05, 0.1) is 0 Å². The zero-order valence-electron chi connectivity index (χ0n) is 9.54. The minimum Gasteiger partial charge on any atom is -0.366 e. The molecule has 1 fully saturated rings. The van der Waals surface area contributed by atoms with Gasteiger partial charge in [-0.25, -0.2) is 4.39 Å². The summed E-state index contributed by atoms with van der Waals surface area (Å²) in [6, 6.07) is 5.16. The molecule has 92 valence electrons. The number of hydrogen-bond acceptors (Lipinski definition) is 1. The van der Waals surface area contributed by atoms with Crippen molar-refractivity contribution in [2.45, 2.75) is 25.4 Å². The molecule has 0 aliphatic heterocycles. The quantitative estimate of drug-likeness (QED) is 0.852. The summed E-state index contributed by atoms with van der Waals surface area (Å²) in [5, 5.41) is 4.04. The number of hydrogen-bond donors (Lipinski definition) is 1. The topological polar surface area (TPSA) is 15.3 Å². The first-order valence-corrected chi connectivity index (χ1v) is 6.33. The summed E-state index contributed by atoms with van der Waals surface area (Å²) in [5.41, 5.74) is 0.513. The number of halogens is 2. The normalized spacial score (nSPS) is 14.5. The Hall–Kier alpha value is -0.870. The Morgan fingerprint density at radius 1 is 1.59 bits per heavy atom. The first kappa shape index (κ1) is 12.6. The molecule has 2 nitrogen and oxygen atoms in total. The van der Waals surface area contributed by atoms with Crippen molar-refractivity contribution >= 4 is 28.9 Å². The van der Waals surface area contributed by atoms with E-state index in [0.717, 1.165) is 12.8 Å². The van der Waals surface area contributed by atoms with E-state index in [2.05, 4.69) is 5.32 Å². The summed E-state index contributed by atoms with van der Waals surface area (Å²) in [5.74, 6) is -0.276. The zero-order chi connectivity index (χ0) is 12.4. The van der Waals surface area contributed by atoms with Gasteiger partial charge in [-0.15, -0.1) is 0 Å². The van der Waals surface area contributed by atoms with Crippen molar-refractivity contribution in [3.63, 3.8) is 0 Å². The Balaban J connectivity index is 2.20. The molecule has 0 spiro atoms. The molecule has 0 unspecified atom stereocenters. The second-order valence-electron chi connectivity index (χ2n) is 4.11. The highest BCUT2D eigenvalue weighted by Gasteiger charge is 2.31. The fourth-order valence-corrected chi connectivity index (χ4v) is 2.19. The third-order valence-electron chi connectivity index (χ3n) is 2.85. The van der Waals surface area contributed by atoms with Crippen molar-refractivity contribution in [3.8, 4) is 0 Å². The smallest absolute Gasteiger partial charge is 0.169 e. The van der Waals surface area contributed by atoms with E-state index < -0.39 is 0 Å². The minimum atomic E-state index is -0.276. The van der Waals surface area contributed by atoms with Gasteiger partial charge in [0.1, 0.15) is 5.82 Å². The average Bonchev–Trinajstić information content (AvgIpc) is 3.12. The van der Waals surface area contributed by atoms with Crippen LogP contribution in [0.3, 0.4) is 0 Å². The maximum absolute atomic E-state index is 13.7. The Morgan fingerprint density at radius 3 is 2.82 bits per heavy atom. The lowest BCUT2D eigenvalue weighted by Gasteiger charge is -2.25. The van der Waals surface area contributed by atoms with Gasteiger partial charge < -0.3 is 10.2 Å². The molecule has 1 N–H and O–H groups in total. The van der Waals surface area contributed by atoms with Crippen LogP contribution in [0.1, 0.15) is 18.4 Å². The van der Waals surface area contributed by atoms with Crippen molar-refractivity contribution in [3.05, 3.63) is 34.6 Å². The standard InChI is InChI=1S/C12H14ClFN2S/c1-15-12(17)16(8-5-6-8)7-9-10(13)3-2-4-11(9)14/h2-4,8H,5-7H2,1H3,(H,15,17). The van der Waals surface area contributed by atoms with Gasteiger partial charge in [0.2, 0.25) is 0 Å².